The summed E-state index contributed by atoms with van der Waals surface area (Å²) in [6.07, 6.45) is 3.21. The van der Waals surface area contributed by atoms with Crippen LogP contribution in [0.1, 0.15) is 52.9 Å². The van der Waals surface area contributed by atoms with Gasteiger partial charge in [0.25, 0.3) is 0 Å². The fourth-order valence-corrected chi connectivity index (χ4v) is 2.65. The minimum absolute atomic E-state index is 0.0184. The molecule has 0 spiro atoms. The Morgan fingerprint density at radius 1 is 1.25 bits per heavy atom. The Morgan fingerprint density at radius 3 is 2.20 bits per heavy atom. The van der Waals surface area contributed by atoms with Crippen LogP contribution in [0.5, 0.6) is 0 Å². The van der Waals surface area contributed by atoms with Crippen LogP contribution in [0.15, 0.2) is 0 Å². The maximum atomic E-state index is 11.9. The summed E-state index contributed by atoms with van der Waals surface area (Å²) >= 11 is 0. The first kappa shape index (κ1) is 16.8. The Balaban J connectivity index is 2.38. The molecule has 116 valence electrons. The number of aliphatic hydroxyl groups is 1. The Bertz CT molecular complexity index is 344. The van der Waals surface area contributed by atoms with Crippen molar-refractivity contribution in [3.8, 4) is 0 Å². The molecule has 0 aromatic rings. The van der Waals surface area contributed by atoms with Gasteiger partial charge < -0.3 is 20.8 Å². The van der Waals surface area contributed by atoms with Gasteiger partial charge in [-0.3, -0.25) is 4.79 Å². The second kappa shape index (κ2) is 6.92. The van der Waals surface area contributed by atoms with E-state index in [0.717, 1.165) is 0 Å². The molecule has 0 saturated heterocycles. The smallest absolute Gasteiger partial charge is 0.315 e. The third-order valence-corrected chi connectivity index (χ3v) is 3.98. The summed E-state index contributed by atoms with van der Waals surface area (Å²) in [7, 11) is 0. The highest BCUT2D eigenvalue weighted by Crippen LogP contribution is 2.24. The van der Waals surface area contributed by atoms with Gasteiger partial charge in [-0.25, -0.2) is 4.79 Å². The average Bonchev–Trinajstić information content (AvgIpc) is 2.35. The van der Waals surface area contributed by atoms with Gasteiger partial charge in [0.15, 0.2) is 0 Å². The maximum absolute atomic E-state index is 11.9. The van der Waals surface area contributed by atoms with Crippen molar-refractivity contribution in [3.63, 3.8) is 0 Å². The predicted octanol–water partition coefficient (Wildman–Crippen LogP) is 1.48. The van der Waals surface area contributed by atoms with Crippen LogP contribution in [0.25, 0.3) is 0 Å². The molecule has 1 aliphatic rings. The first-order valence-corrected chi connectivity index (χ1v) is 7.26. The van der Waals surface area contributed by atoms with E-state index in [4.69, 9.17) is 5.11 Å². The highest BCUT2D eigenvalue weighted by atomic mass is 16.4. The number of aliphatic carboxylic acids is 1. The van der Waals surface area contributed by atoms with Crippen molar-refractivity contribution >= 4 is 12.0 Å². The van der Waals surface area contributed by atoms with E-state index in [1.54, 1.807) is 13.8 Å². The lowest BCUT2D eigenvalue weighted by Gasteiger charge is -2.31. The first-order chi connectivity index (χ1) is 9.24. The average molecular weight is 286 g/mol. The van der Waals surface area contributed by atoms with Crippen molar-refractivity contribution in [1.29, 1.82) is 0 Å². The molecular formula is C14H26N2O4. The van der Waals surface area contributed by atoms with Crippen molar-refractivity contribution in [2.45, 2.75) is 70.6 Å². The van der Waals surface area contributed by atoms with Gasteiger partial charge in [-0.15, -0.1) is 0 Å². The van der Waals surface area contributed by atoms with E-state index in [1.165, 1.54) is 0 Å². The van der Waals surface area contributed by atoms with Gasteiger partial charge >= 0.3 is 12.0 Å². The zero-order valence-corrected chi connectivity index (χ0v) is 12.5. The SMILES string of the molecule is CCC(NC(=O)NC1CCC(C(=O)O)CC1)C(C)(C)O. The Labute approximate surface area is 119 Å². The molecule has 1 aliphatic carbocycles. The summed E-state index contributed by atoms with van der Waals surface area (Å²) in [4.78, 5) is 22.7. The third-order valence-electron chi connectivity index (χ3n) is 3.98. The molecule has 0 aliphatic heterocycles. The molecule has 0 radical (unpaired) electrons. The van der Waals surface area contributed by atoms with E-state index in [2.05, 4.69) is 10.6 Å². The van der Waals surface area contributed by atoms with Crippen molar-refractivity contribution < 1.29 is 19.8 Å². The standard InChI is InChI=1S/C14H26N2O4/c1-4-11(14(2,3)20)16-13(19)15-10-7-5-9(6-8-10)12(17)18/h9-11,20H,4-8H2,1-3H3,(H,17,18)(H2,15,16,19). The minimum atomic E-state index is -0.965. The molecule has 1 unspecified atom stereocenters. The van der Waals surface area contributed by atoms with Crippen molar-refractivity contribution in [1.82, 2.24) is 10.6 Å². The topological polar surface area (TPSA) is 98.7 Å². The number of nitrogens with one attached hydrogen (secondary N) is 2. The minimum Gasteiger partial charge on any atom is -0.481 e. The molecule has 1 rings (SSSR count). The summed E-state index contributed by atoms with van der Waals surface area (Å²) in [5, 5.41) is 24.5. The fraction of sp³-hybridized carbons (Fsp3) is 0.857. The fourth-order valence-electron chi connectivity index (χ4n) is 2.65. The second-order valence-electron chi connectivity index (χ2n) is 6.12. The number of rotatable bonds is 5. The summed E-state index contributed by atoms with van der Waals surface area (Å²) in [6, 6.07) is -0.583. The number of carbonyl (C=O) groups excluding carboxylic acids is 1. The van der Waals surface area contributed by atoms with Crippen LogP contribution >= 0.6 is 0 Å². The number of carboxylic acids is 1. The van der Waals surface area contributed by atoms with Crippen LogP contribution in [0.2, 0.25) is 0 Å². The maximum Gasteiger partial charge on any atom is 0.315 e. The molecule has 0 bridgehead atoms. The number of hydrogen-bond acceptors (Lipinski definition) is 3. The van der Waals surface area contributed by atoms with Crippen molar-refractivity contribution in [2.24, 2.45) is 5.92 Å². The molecule has 20 heavy (non-hydrogen) atoms. The lowest BCUT2D eigenvalue weighted by atomic mass is 9.86. The lowest BCUT2D eigenvalue weighted by molar-refractivity contribution is -0.142. The highest BCUT2D eigenvalue weighted by Gasteiger charge is 2.29. The summed E-state index contributed by atoms with van der Waals surface area (Å²) < 4.78 is 0. The zero-order chi connectivity index (χ0) is 15.3. The van der Waals surface area contributed by atoms with Crippen LogP contribution in [-0.4, -0.2) is 39.9 Å². The number of carbonyl (C=O) groups is 2. The van der Waals surface area contributed by atoms with Gasteiger partial charge in [0.2, 0.25) is 0 Å². The monoisotopic (exact) mass is 286 g/mol. The molecular weight excluding hydrogens is 260 g/mol. The first-order valence-electron chi connectivity index (χ1n) is 7.26. The van der Waals surface area contributed by atoms with Gasteiger partial charge in [0, 0.05) is 6.04 Å². The Kier molecular flexibility index (Phi) is 5.80. The second-order valence-corrected chi connectivity index (χ2v) is 6.12. The number of carboxylic acid groups (broad SMARTS) is 1. The summed E-state index contributed by atoms with van der Waals surface area (Å²) in [5.41, 5.74) is -0.965. The van der Waals surface area contributed by atoms with Gasteiger partial charge in [-0.2, -0.15) is 0 Å². The molecule has 1 saturated carbocycles. The molecule has 0 heterocycles. The summed E-state index contributed by atoms with van der Waals surface area (Å²) in [6.45, 7) is 5.24. The summed E-state index contributed by atoms with van der Waals surface area (Å²) in [5.74, 6) is -1.03. The number of amides is 2. The van der Waals surface area contributed by atoms with Gasteiger partial charge in [0.1, 0.15) is 0 Å². The van der Waals surface area contributed by atoms with E-state index in [0.29, 0.717) is 32.1 Å². The van der Waals surface area contributed by atoms with Crippen LogP contribution in [0, 0.1) is 5.92 Å². The van der Waals surface area contributed by atoms with E-state index >= 15 is 0 Å². The van der Waals surface area contributed by atoms with E-state index in [9.17, 15) is 14.7 Å². The normalized spacial score (nSPS) is 24.8. The largest absolute Gasteiger partial charge is 0.481 e. The molecule has 0 aromatic heterocycles. The van der Waals surface area contributed by atoms with Crippen LogP contribution in [0.3, 0.4) is 0 Å². The van der Waals surface area contributed by atoms with E-state index in [-0.39, 0.29) is 24.0 Å². The van der Waals surface area contributed by atoms with Crippen LogP contribution in [0.4, 0.5) is 4.79 Å². The Morgan fingerprint density at radius 2 is 1.80 bits per heavy atom. The lowest BCUT2D eigenvalue weighted by Crippen LogP contribution is -2.54. The van der Waals surface area contributed by atoms with E-state index < -0.39 is 11.6 Å². The van der Waals surface area contributed by atoms with Crippen LogP contribution in [-0.2, 0) is 4.79 Å². The van der Waals surface area contributed by atoms with Crippen LogP contribution < -0.4 is 10.6 Å². The van der Waals surface area contributed by atoms with Crippen molar-refractivity contribution in [3.05, 3.63) is 0 Å². The van der Waals surface area contributed by atoms with E-state index in [1.807, 2.05) is 6.92 Å². The molecule has 6 heteroatoms. The zero-order valence-electron chi connectivity index (χ0n) is 12.5. The third kappa shape index (κ3) is 5.00. The molecule has 0 aromatic carbocycles. The van der Waals surface area contributed by atoms with Gasteiger partial charge in [-0.05, 0) is 46.0 Å². The highest BCUT2D eigenvalue weighted by molar-refractivity contribution is 5.75. The molecule has 1 atom stereocenters. The van der Waals surface area contributed by atoms with Crippen molar-refractivity contribution in [2.75, 3.05) is 0 Å². The molecule has 2 amide bonds. The molecule has 6 nitrogen and oxygen atoms in total. The number of hydrogen-bond donors (Lipinski definition) is 4. The predicted molar refractivity (Wildman–Crippen MR) is 75.4 cm³/mol. The van der Waals surface area contributed by atoms with Gasteiger partial charge in [-0.1, -0.05) is 6.92 Å². The Hall–Kier alpha value is -1.30. The molecule has 4 N–H and O–H groups in total. The van der Waals surface area contributed by atoms with Gasteiger partial charge in [0.05, 0.1) is 17.6 Å². The molecule has 1 fully saturated rings. The quantitative estimate of drug-likeness (QED) is 0.615. The number of urea groups is 1.